The van der Waals surface area contributed by atoms with Crippen LogP contribution in [0.15, 0.2) is 23.4 Å². The molecule has 0 radical (unpaired) electrons. The molecule has 1 aromatic heterocycles. The Labute approximate surface area is 152 Å². The van der Waals surface area contributed by atoms with Crippen molar-refractivity contribution in [3.63, 3.8) is 0 Å². The van der Waals surface area contributed by atoms with Crippen molar-refractivity contribution in [1.82, 2.24) is 14.8 Å². The third-order valence-corrected chi connectivity index (χ3v) is 4.42. The van der Waals surface area contributed by atoms with Crippen LogP contribution in [0.2, 0.25) is 0 Å². The molecule has 0 aliphatic rings. The zero-order valence-corrected chi connectivity index (χ0v) is 15.9. The molecule has 25 heavy (non-hydrogen) atoms. The van der Waals surface area contributed by atoms with Gasteiger partial charge in [-0.15, -0.1) is 10.2 Å². The minimum absolute atomic E-state index is 0.113. The van der Waals surface area contributed by atoms with E-state index in [4.69, 9.17) is 9.47 Å². The smallest absolute Gasteiger partial charge is 0.234 e. The van der Waals surface area contributed by atoms with E-state index in [-0.39, 0.29) is 11.7 Å². The second kappa shape index (κ2) is 9.31. The van der Waals surface area contributed by atoms with Crippen LogP contribution < -0.4 is 14.8 Å². The van der Waals surface area contributed by atoms with Gasteiger partial charge in [0.15, 0.2) is 16.7 Å². The third-order valence-electron chi connectivity index (χ3n) is 3.40. The Balaban J connectivity index is 1.97. The van der Waals surface area contributed by atoms with Crippen LogP contribution in [-0.4, -0.2) is 39.6 Å². The summed E-state index contributed by atoms with van der Waals surface area (Å²) in [4.78, 5) is 12.2. The summed E-state index contributed by atoms with van der Waals surface area (Å²) in [5.74, 6) is 2.33. The van der Waals surface area contributed by atoms with Crippen LogP contribution in [0.5, 0.6) is 11.5 Å². The number of carbonyl (C=O) groups is 1. The van der Waals surface area contributed by atoms with Gasteiger partial charge >= 0.3 is 0 Å². The number of rotatable bonds is 9. The van der Waals surface area contributed by atoms with Crippen molar-refractivity contribution in [2.24, 2.45) is 7.05 Å². The zero-order chi connectivity index (χ0) is 18.2. The van der Waals surface area contributed by atoms with Gasteiger partial charge in [-0.2, -0.15) is 0 Å². The number of amides is 1. The summed E-state index contributed by atoms with van der Waals surface area (Å²) in [7, 11) is 1.90. The van der Waals surface area contributed by atoms with Crippen molar-refractivity contribution in [3.8, 4) is 11.5 Å². The van der Waals surface area contributed by atoms with Gasteiger partial charge in [-0.3, -0.25) is 4.79 Å². The average molecular weight is 364 g/mol. The molecule has 2 rings (SSSR count). The second-order valence-electron chi connectivity index (χ2n) is 5.18. The standard InChI is InChI=1S/C17H24N4O3S/c1-5-15-19-20-17(21(15)4)25-11-16(22)18-12-8-9-13(23-6-2)14(10-12)24-7-3/h8-10H,5-7,11H2,1-4H3,(H,18,22). The molecule has 7 nitrogen and oxygen atoms in total. The van der Waals surface area contributed by atoms with Crippen molar-refractivity contribution in [1.29, 1.82) is 0 Å². The largest absolute Gasteiger partial charge is 0.490 e. The number of carbonyl (C=O) groups excluding carboxylic acids is 1. The van der Waals surface area contributed by atoms with E-state index in [2.05, 4.69) is 15.5 Å². The molecule has 1 heterocycles. The number of thioether (sulfide) groups is 1. The minimum atomic E-state index is -0.113. The van der Waals surface area contributed by atoms with Crippen molar-refractivity contribution >= 4 is 23.4 Å². The van der Waals surface area contributed by atoms with E-state index in [1.807, 2.05) is 32.4 Å². The lowest BCUT2D eigenvalue weighted by Gasteiger charge is -2.13. The van der Waals surface area contributed by atoms with Gasteiger partial charge in [0.25, 0.3) is 0 Å². The van der Waals surface area contributed by atoms with E-state index >= 15 is 0 Å². The van der Waals surface area contributed by atoms with E-state index in [1.165, 1.54) is 11.8 Å². The summed E-state index contributed by atoms with van der Waals surface area (Å²) < 4.78 is 13.0. The number of aromatic nitrogens is 3. The third kappa shape index (κ3) is 5.12. The molecule has 1 amide bonds. The topological polar surface area (TPSA) is 78.3 Å². The van der Waals surface area contributed by atoms with E-state index in [0.29, 0.717) is 30.4 Å². The number of nitrogens with zero attached hydrogens (tertiary/aromatic N) is 3. The predicted molar refractivity (Wildman–Crippen MR) is 98.5 cm³/mol. The summed E-state index contributed by atoms with van der Waals surface area (Å²) in [5, 5.41) is 11.8. The fourth-order valence-electron chi connectivity index (χ4n) is 2.23. The van der Waals surface area contributed by atoms with Crippen molar-refractivity contribution in [3.05, 3.63) is 24.0 Å². The van der Waals surface area contributed by atoms with Gasteiger partial charge in [-0.1, -0.05) is 18.7 Å². The van der Waals surface area contributed by atoms with Crippen molar-refractivity contribution in [2.75, 3.05) is 24.3 Å². The quantitative estimate of drug-likeness (QED) is 0.689. The maximum absolute atomic E-state index is 12.2. The van der Waals surface area contributed by atoms with Gasteiger partial charge in [-0.25, -0.2) is 0 Å². The fraction of sp³-hybridized carbons (Fsp3) is 0.471. The molecule has 2 aromatic rings. The maximum atomic E-state index is 12.2. The average Bonchev–Trinajstić information content (AvgIpc) is 2.95. The lowest BCUT2D eigenvalue weighted by atomic mass is 10.2. The molecule has 136 valence electrons. The molecular formula is C17H24N4O3S. The summed E-state index contributed by atoms with van der Waals surface area (Å²) in [5.41, 5.74) is 0.671. The first-order valence-corrected chi connectivity index (χ1v) is 9.28. The first-order chi connectivity index (χ1) is 12.1. The van der Waals surface area contributed by atoms with Gasteiger partial charge in [0, 0.05) is 25.2 Å². The van der Waals surface area contributed by atoms with Crippen LogP contribution in [0.3, 0.4) is 0 Å². The van der Waals surface area contributed by atoms with Crippen LogP contribution >= 0.6 is 11.8 Å². The summed E-state index contributed by atoms with van der Waals surface area (Å²) in [6.45, 7) is 6.92. The Bertz CT molecular complexity index is 718. The molecule has 0 saturated carbocycles. The van der Waals surface area contributed by atoms with Gasteiger partial charge in [0.2, 0.25) is 5.91 Å². The Kier molecular flexibility index (Phi) is 7.12. The number of hydrogen-bond donors (Lipinski definition) is 1. The molecule has 0 bridgehead atoms. The number of benzene rings is 1. The Morgan fingerprint density at radius 2 is 1.88 bits per heavy atom. The highest BCUT2D eigenvalue weighted by Crippen LogP contribution is 2.30. The summed E-state index contributed by atoms with van der Waals surface area (Å²) >= 11 is 1.36. The van der Waals surface area contributed by atoms with E-state index in [1.54, 1.807) is 18.2 Å². The van der Waals surface area contributed by atoms with E-state index in [9.17, 15) is 4.79 Å². The second-order valence-corrected chi connectivity index (χ2v) is 6.12. The molecule has 0 fully saturated rings. The minimum Gasteiger partial charge on any atom is -0.490 e. The highest BCUT2D eigenvalue weighted by molar-refractivity contribution is 7.99. The van der Waals surface area contributed by atoms with Gasteiger partial charge in [-0.05, 0) is 26.0 Å². The first kappa shape index (κ1) is 19.1. The lowest BCUT2D eigenvalue weighted by Crippen LogP contribution is -2.14. The normalized spacial score (nSPS) is 10.6. The molecule has 1 aromatic carbocycles. The molecule has 0 unspecified atom stereocenters. The maximum Gasteiger partial charge on any atom is 0.234 e. The molecule has 0 aliphatic carbocycles. The summed E-state index contributed by atoms with van der Waals surface area (Å²) in [6.07, 6.45) is 0.808. The Morgan fingerprint density at radius 3 is 2.52 bits per heavy atom. The van der Waals surface area contributed by atoms with Crippen LogP contribution in [0.25, 0.3) is 0 Å². The SMILES string of the molecule is CCOc1ccc(NC(=O)CSc2nnc(CC)n2C)cc1OCC. The number of anilines is 1. The molecule has 0 aliphatic heterocycles. The van der Waals surface area contributed by atoms with Crippen LogP contribution in [0, 0.1) is 0 Å². The van der Waals surface area contributed by atoms with Crippen molar-refractivity contribution in [2.45, 2.75) is 32.3 Å². The molecule has 1 N–H and O–H groups in total. The first-order valence-electron chi connectivity index (χ1n) is 8.29. The lowest BCUT2D eigenvalue weighted by molar-refractivity contribution is -0.113. The van der Waals surface area contributed by atoms with Gasteiger partial charge in [0.1, 0.15) is 5.82 Å². The fourth-order valence-corrected chi connectivity index (χ4v) is 2.96. The highest BCUT2D eigenvalue weighted by Gasteiger charge is 2.12. The predicted octanol–water partition coefficient (Wildman–Crippen LogP) is 2.91. The monoisotopic (exact) mass is 364 g/mol. The van der Waals surface area contributed by atoms with Crippen LogP contribution in [-0.2, 0) is 18.3 Å². The Hall–Kier alpha value is -2.22. The van der Waals surface area contributed by atoms with Gasteiger partial charge < -0.3 is 19.4 Å². The number of aryl methyl sites for hydroxylation is 1. The van der Waals surface area contributed by atoms with Crippen LogP contribution in [0.1, 0.15) is 26.6 Å². The van der Waals surface area contributed by atoms with E-state index < -0.39 is 0 Å². The molecular weight excluding hydrogens is 340 g/mol. The summed E-state index contributed by atoms with van der Waals surface area (Å²) in [6, 6.07) is 5.37. The van der Waals surface area contributed by atoms with E-state index in [0.717, 1.165) is 17.4 Å². The number of ether oxygens (including phenoxy) is 2. The highest BCUT2D eigenvalue weighted by atomic mass is 32.2. The van der Waals surface area contributed by atoms with Gasteiger partial charge in [0.05, 0.1) is 19.0 Å². The molecule has 0 spiro atoms. The zero-order valence-electron chi connectivity index (χ0n) is 15.0. The number of hydrogen-bond acceptors (Lipinski definition) is 6. The molecule has 0 atom stereocenters. The number of nitrogens with one attached hydrogen (secondary N) is 1. The molecule has 8 heteroatoms. The van der Waals surface area contributed by atoms with Crippen LogP contribution in [0.4, 0.5) is 5.69 Å². The Morgan fingerprint density at radius 1 is 1.16 bits per heavy atom. The van der Waals surface area contributed by atoms with Crippen molar-refractivity contribution < 1.29 is 14.3 Å². The molecule has 0 saturated heterocycles.